The molecule has 3 rings (SSSR count). The highest BCUT2D eigenvalue weighted by atomic mass is 16.5. The van der Waals surface area contributed by atoms with Crippen molar-refractivity contribution in [1.82, 2.24) is 15.2 Å². The van der Waals surface area contributed by atoms with Crippen LogP contribution >= 0.6 is 0 Å². The Kier molecular flexibility index (Phi) is 3.45. The maximum Gasteiger partial charge on any atom is 0.244 e. The van der Waals surface area contributed by atoms with Gasteiger partial charge in [-0.2, -0.15) is 4.98 Å². The number of aromatic nitrogens is 3. The second-order valence-electron chi connectivity index (χ2n) is 5.85. The third-order valence-electron chi connectivity index (χ3n) is 4.45. The number of nitrogens with two attached hydrogens (primary N) is 1. The molecule has 19 heavy (non-hydrogen) atoms. The molecule has 1 aromatic rings. The summed E-state index contributed by atoms with van der Waals surface area (Å²) in [6, 6.07) is 0.243. The predicted molar refractivity (Wildman–Crippen MR) is 73.1 cm³/mol. The molecule has 0 amide bonds. The summed E-state index contributed by atoms with van der Waals surface area (Å²) < 4.78 is 5.63. The third kappa shape index (κ3) is 2.60. The molecule has 1 atom stereocenters. The number of methoxy groups -OCH3 is 1. The minimum atomic E-state index is -0.00486. The third-order valence-corrected chi connectivity index (χ3v) is 4.45. The summed E-state index contributed by atoms with van der Waals surface area (Å²) >= 11 is 0. The summed E-state index contributed by atoms with van der Waals surface area (Å²) in [5.41, 5.74) is 5.99. The van der Waals surface area contributed by atoms with Crippen LogP contribution in [0.5, 0.6) is 0 Å². The fourth-order valence-corrected chi connectivity index (χ4v) is 3.03. The maximum atomic E-state index is 6.00. The van der Waals surface area contributed by atoms with Crippen molar-refractivity contribution < 1.29 is 4.74 Å². The second-order valence-corrected chi connectivity index (χ2v) is 5.85. The Balaban J connectivity index is 1.65. The normalized spacial score (nSPS) is 26.2. The van der Waals surface area contributed by atoms with Gasteiger partial charge in [0.2, 0.25) is 5.95 Å². The average molecular weight is 265 g/mol. The lowest BCUT2D eigenvalue weighted by molar-refractivity contribution is -0.0720. The van der Waals surface area contributed by atoms with Crippen LogP contribution in [-0.4, -0.2) is 47.0 Å². The highest BCUT2D eigenvalue weighted by Gasteiger charge is 2.38. The molecular formula is C13H23N5O. The van der Waals surface area contributed by atoms with Crippen LogP contribution in [-0.2, 0) is 11.2 Å². The number of hydrogen-bond donors (Lipinski definition) is 2. The van der Waals surface area contributed by atoms with E-state index in [2.05, 4.69) is 20.1 Å². The van der Waals surface area contributed by atoms with E-state index in [1.807, 2.05) is 0 Å². The van der Waals surface area contributed by atoms with Gasteiger partial charge >= 0.3 is 0 Å². The van der Waals surface area contributed by atoms with E-state index >= 15 is 0 Å². The molecule has 1 aliphatic carbocycles. The molecule has 2 heterocycles. The number of nitrogens with zero attached hydrogens (tertiary/aromatic N) is 3. The zero-order chi connectivity index (χ0) is 13.3. The smallest absolute Gasteiger partial charge is 0.244 e. The van der Waals surface area contributed by atoms with Gasteiger partial charge in [-0.1, -0.05) is 0 Å². The monoisotopic (exact) mass is 265 g/mol. The minimum absolute atomic E-state index is 0.00486. The van der Waals surface area contributed by atoms with Gasteiger partial charge in [-0.05, 0) is 32.1 Å². The molecule has 1 saturated carbocycles. The van der Waals surface area contributed by atoms with Gasteiger partial charge in [0.25, 0.3) is 0 Å². The molecule has 6 nitrogen and oxygen atoms in total. The van der Waals surface area contributed by atoms with Crippen LogP contribution in [0.3, 0.4) is 0 Å². The van der Waals surface area contributed by atoms with Gasteiger partial charge in [0.05, 0.1) is 5.60 Å². The quantitative estimate of drug-likeness (QED) is 0.843. The molecule has 106 valence electrons. The first kappa shape index (κ1) is 12.9. The van der Waals surface area contributed by atoms with Crippen molar-refractivity contribution in [2.24, 2.45) is 5.73 Å². The Bertz CT molecular complexity index is 423. The lowest BCUT2D eigenvalue weighted by atomic mass is 9.77. The molecular weight excluding hydrogens is 242 g/mol. The first-order chi connectivity index (χ1) is 9.21. The van der Waals surface area contributed by atoms with Crippen molar-refractivity contribution in [1.29, 1.82) is 0 Å². The molecule has 3 N–H and O–H groups in total. The molecule has 6 heteroatoms. The zero-order valence-electron chi connectivity index (χ0n) is 11.6. The minimum Gasteiger partial charge on any atom is -0.378 e. The van der Waals surface area contributed by atoms with Crippen molar-refractivity contribution in [2.45, 2.75) is 50.2 Å². The van der Waals surface area contributed by atoms with E-state index in [1.165, 1.54) is 6.42 Å². The summed E-state index contributed by atoms with van der Waals surface area (Å²) in [6.07, 6.45) is 6.53. The van der Waals surface area contributed by atoms with E-state index in [9.17, 15) is 0 Å². The van der Waals surface area contributed by atoms with Crippen LogP contribution in [0.4, 0.5) is 5.95 Å². The topological polar surface area (TPSA) is 80.1 Å². The van der Waals surface area contributed by atoms with E-state index in [4.69, 9.17) is 10.5 Å². The van der Waals surface area contributed by atoms with Gasteiger partial charge in [0.1, 0.15) is 5.82 Å². The van der Waals surface area contributed by atoms with Gasteiger partial charge in [-0.25, -0.2) is 0 Å². The number of anilines is 1. The summed E-state index contributed by atoms with van der Waals surface area (Å²) in [5.74, 6) is 1.71. The summed E-state index contributed by atoms with van der Waals surface area (Å²) in [7, 11) is 1.79. The summed E-state index contributed by atoms with van der Waals surface area (Å²) in [4.78, 5) is 6.78. The molecule has 0 spiro atoms. The summed E-state index contributed by atoms with van der Waals surface area (Å²) in [5, 5.41) is 7.38. The van der Waals surface area contributed by atoms with Crippen molar-refractivity contribution in [3.63, 3.8) is 0 Å². The number of hydrogen-bond acceptors (Lipinski definition) is 5. The van der Waals surface area contributed by atoms with Gasteiger partial charge in [-0.15, -0.1) is 5.10 Å². The standard InChI is InChI=1S/C13H23N5O/c1-19-13(5-3-6-13)8-11-15-12(17-16-11)18-7-2-4-10(14)9-18/h10H,2-9,14H2,1H3,(H,15,16,17). The fourth-order valence-electron chi connectivity index (χ4n) is 3.03. The number of rotatable bonds is 4. The lowest BCUT2D eigenvalue weighted by Gasteiger charge is -2.39. The van der Waals surface area contributed by atoms with Crippen LogP contribution in [0.15, 0.2) is 0 Å². The molecule has 0 bridgehead atoms. The van der Waals surface area contributed by atoms with Crippen LogP contribution in [0, 0.1) is 0 Å². The number of ether oxygens (including phenoxy) is 1. The van der Waals surface area contributed by atoms with Crippen molar-refractivity contribution >= 4 is 5.95 Å². The van der Waals surface area contributed by atoms with Gasteiger partial charge in [-0.3, -0.25) is 5.10 Å². The van der Waals surface area contributed by atoms with Crippen molar-refractivity contribution in [2.75, 3.05) is 25.1 Å². The van der Waals surface area contributed by atoms with E-state index in [0.717, 1.165) is 57.0 Å². The van der Waals surface area contributed by atoms with E-state index in [0.29, 0.717) is 0 Å². The Morgan fingerprint density at radius 2 is 2.32 bits per heavy atom. The lowest BCUT2D eigenvalue weighted by Crippen LogP contribution is -2.43. The Morgan fingerprint density at radius 3 is 2.95 bits per heavy atom. The Hall–Kier alpha value is -1.14. The van der Waals surface area contributed by atoms with Crippen molar-refractivity contribution in [3.8, 4) is 0 Å². The van der Waals surface area contributed by atoms with Gasteiger partial charge in [0.15, 0.2) is 0 Å². The number of H-pyrrole nitrogens is 1. The SMILES string of the molecule is COC1(Cc2nc(N3CCCC(N)C3)n[nH]2)CCC1. The molecule has 0 radical (unpaired) electrons. The molecule has 1 saturated heterocycles. The van der Waals surface area contributed by atoms with E-state index < -0.39 is 0 Å². The molecule has 1 aliphatic heterocycles. The molecule has 0 aromatic carbocycles. The van der Waals surface area contributed by atoms with Crippen LogP contribution < -0.4 is 10.6 Å². The second kappa shape index (κ2) is 5.09. The largest absolute Gasteiger partial charge is 0.378 e. The highest BCUT2D eigenvalue weighted by Crippen LogP contribution is 2.37. The molecule has 2 aliphatic rings. The predicted octanol–water partition coefficient (Wildman–Crippen LogP) is 0.844. The zero-order valence-corrected chi connectivity index (χ0v) is 11.6. The molecule has 1 unspecified atom stereocenters. The van der Waals surface area contributed by atoms with Gasteiger partial charge < -0.3 is 15.4 Å². The van der Waals surface area contributed by atoms with Gasteiger partial charge in [0, 0.05) is 32.7 Å². The Morgan fingerprint density at radius 1 is 1.47 bits per heavy atom. The average Bonchev–Trinajstić information content (AvgIpc) is 2.82. The maximum absolute atomic E-state index is 6.00. The van der Waals surface area contributed by atoms with Crippen LogP contribution in [0.25, 0.3) is 0 Å². The Labute approximate surface area is 113 Å². The number of aromatic amines is 1. The number of piperidine rings is 1. The van der Waals surface area contributed by atoms with Crippen molar-refractivity contribution in [3.05, 3.63) is 5.82 Å². The van der Waals surface area contributed by atoms with Crippen LogP contribution in [0.1, 0.15) is 37.9 Å². The molecule has 1 aromatic heterocycles. The fraction of sp³-hybridized carbons (Fsp3) is 0.846. The van der Waals surface area contributed by atoms with E-state index in [-0.39, 0.29) is 11.6 Å². The van der Waals surface area contributed by atoms with Crippen LogP contribution in [0.2, 0.25) is 0 Å². The number of nitrogens with one attached hydrogen (secondary N) is 1. The molecule has 2 fully saturated rings. The van der Waals surface area contributed by atoms with E-state index in [1.54, 1.807) is 7.11 Å². The summed E-state index contributed by atoms with van der Waals surface area (Å²) in [6.45, 7) is 1.85. The highest BCUT2D eigenvalue weighted by molar-refractivity contribution is 5.30. The first-order valence-corrected chi connectivity index (χ1v) is 7.18. The first-order valence-electron chi connectivity index (χ1n) is 7.18.